The second-order valence-electron chi connectivity index (χ2n) is 10.3. The van der Waals surface area contributed by atoms with Gasteiger partial charge in [0.25, 0.3) is 0 Å². The number of aromatic nitrogens is 2. The number of rotatable bonds is 11. The van der Waals surface area contributed by atoms with Gasteiger partial charge >= 0.3 is 0 Å². The van der Waals surface area contributed by atoms with Crippen LogP contribution in [0.15, 0.2) is 95.3 Å². The molecule has 2 aromatic heterocycles. The molecule has 9 heteroatoms. The minimum atomic E-state index is 0.490. The van der Waals surface area contributed by atoms with Gasteiger partial charge in [0, 0.05) is 54.7 Å². The van der Waals surface area contributed by atoms with Crippen molar-refractivity contribution in [1.29, 1.82) is 5.26 Å². The molecule has 0 bridgehead atoms. The highest BCUT2D eigenvalue weighted by molar-refractivity contribution is 8.00. The van der Waals surface area contributed by atoms with E-state index in [1.807, 2.05) is 72.6 Å². The van der Waals surface area contributed by atoms with Crippen LogP contribution >= 0.6 is 34.9 Å². The summed E-state index contributed by atoms with van der Waals surface area (Å²) < 4.78 is 7.04. The molecule has 1 aliphatic rings. The summed E-state index contributed by atoms with van der Waals surface area (Å²) in [6, 6.07) is 31.0. The molecule has 0 atom stereocenters. The van der Waals surface area contributed by atoms with Gasteiger partial charge in [0.1, 0.15) is 11.8 Å². The molecule has 3 aromatic carbocycles. The molecule has 44 heavy (non-hydrogen) atoms. The highest BCUT2D eigenvalue weighted by atomic mass is 32.2. The number of hydrogen-bond donors (Lipinski definition) is 1. The van der Waals surface area contributed by atoms with E-state index < -0.39 is 0 Å². The highest BCUT2D eigenvalue weighted by Gasteiger charge is 2.22. The molecular formula is C35H33N5OS3. The third kappa shape index (κ3) is 7.28. The number of anilines is 2. The number of hydrogen-bond acceptors (Lipinski definition) is 9. The molecular weight excluding hydrogens is 603 g/mol. The first kappa shape index (κ1) is 30.2. The molecule has 0 saturated carbocycles. The summed E-state index contributed by atoms with van der Waals surface area (Å²) in [5, 5.41) is 13.6. The molecule has 3 heterocycles. The fourth-order valence-electron chi connectivity index (χ4n) is 5.24. The largest absolute Gasteiger partial charge is 0.493 e. The Bertz CT molecular complexity index is 1750. The van der Waals surface area contributed by atoms with E-state index in [0.29, 0.717) is 18.1 Å². The van der Waals surface area contributed by atoms with Gasteiger partial charge in [0.2, 0.25) is 5.95 Å². The summed E-state index contributed by atoms with van der Waals surface area (Å²) in [6.07, 6.45) is 4.78. The Morgan fingerprint density at radius 1 is 0.955 bits per heavy atom. The van der Waals surface area contributed by atoms with Gasteiger partial charge < -0.3 is 15.0 Å². The van der Waals surface area contributed by atoms with Crippen molar-refractivity contribution in [3.05, 3.63) is 96.7 Å². The third-order valence-electron chi connectivity index (χ3n) is 7.40. The van der Waals surface area contributed by atoms with Gasteiger partial charge in [-0.1, -0.05) is 54.6 Å². The van der Waals surface area contributed by atoms with E-state index in [1.165, 1.54) is 24.6 Å². The molecule has 1 aliphatic heterocycles. The molecule has 6 nitrogen and oxygen atoms in total. The summed E-state index contributed by atoms with van der Waals surface area (Å²) in [6.45, 7) is 4.11. The third-order valence-corrected chi connectivity index (χ3v) is 10.7. The number of nitriles is 1. The van der Waals surface area contributed by atoms with Crippen LogP contribution in [0.2, 0.25) is 0 Å². The molecule has 1 N–H and O–H groups in total. The van der Waals surface area contributed by atoms with Crippen LogP contribution in [0.1, 0.15) is 12.0 Å². The van der Waals surface area contributed by atoms with E-state index in [-0.39, 0.29) is 0 Å². The van der Waals surface area contributed by atoms with Gasteiger partial charge in [0.05, 0.1) is 27.0 Å². The number of benzene rings is 3. The van der Waals surface area contributed by atoms with E-state index in [1.54, 1.807) is 29.3 Å². The van der Waals surface area contributed by atoms with Gasteiger partial charge in [-0.05, 0) is 53.6 Å². The molecule has 222 valence electrons. The quantitative estimate of drug-likeness (QED) is 0.114. The van der Waals surface area contributed by atoms with Crippen molar-refractivity contribution in [1.82, 2.24) is 14.9 Å². The van der Waals surface area contributed by atoms with Crippen LogP contribution in [-0.2, 0) is 0 Å². The van der Waals surface area contributed by atoms with Crippen LogP contribution in [-0.4, -0.2) is 58.9 Å². The lowest BCUT2D eigenvalue weighted by Crippen LogP contribution is -2.33. The molecule has 0 amide bonds. The SMILES string of the molecule is CSc1sc(-c2ccnc(Nc3cccc(OCCCN4CCSCC4)c3)n2)c(-c2cccc(-c3ccccc3)c2)c1C#N. The van der Waals surface area contributed by atoms with Crippen molar-refractivity contribution < 1.29 is 4.74 Å². The lowest BCUT2D eigenvalue weighted by Gasteiger charge is -2.25. The zero-order valence-electron chi connectivity index (χ0n) is 24.5. The Balaban J connectivity index is 1.22. The van der Waals surface area contributed by atoms with Crippen LogP contribution < -0.4 is 10.1 Å². The van der Waals surface area contributed by atoms with Crippen molar-refractivity contribution in [3.8, 4) is 44.6 Å². The maximum absolute atomic E-state index is 10.2. The van der Waals surface area contributed by atoms with Crippen LogP contribution in [0.4, 0.5) is 11.6 Å². The maximum Gasteiger partial charge on any atom is 0.227 e. The van der Waals surface area contributed by atoms with E-state index in [2.05, 4.69) is 51.6 Å². The average molecular weight is 636 g/mol. The van der Waals surface area contributed by atoms with Gasteiger partial charge in [-0.3, -0.25) is 0 Å². The van der Waals surface area contributed by atoms with E-state index >= 15 is 0 Å². The lowest BCUT2D eigenvalue weighted by atomic mass is 9.96. The number of nitrogens with one attached hydrogen (secondary N) is 1. The molecule has 0 radical (unpaired) electrons. The molecule has 0 spiro atoms. The molecule has 1 saturated heterocycles. The Hall–Kier alpha value is -3.81. The van der Waals surface area contributed by atoms with Gasteiger partial charge in [-0.2, -0.15) is 17.0 Å². The number of ether oxygens (including phenoxy) is 1. The van der Waals surface area contributed by atoms with Crippen LogP contribution in [0.5, 0.6) is 5.75 Å². The predicted octanol–water partition coefficient (Wildman–Crippen LogP) is 8.69. The van der Waals surface area contributed by atoms with E-state index in [9.17, 15) is 5.26 Å². The second-order valence-corrected chi connectivity index (χ2v) is 13.6. The molecule has 0 aliphatic carbocycles. The Morgan fingerprint density at radius 2 is 1.75 bits per heavy atom. The zero-order valence-corrected chi connectivity index (χ0v) is 27.0. The molecule has 6 rings (SSSR count). The van der Waals surface area contributed by atoms with Crippen molar-refractivity contribution in [2.75, 3.05) is 49.3 Å². The smallest absolute Gasteiger partial charge is 0.227 e. The number of thiophene rings is 1. The molecule has 0 unspecified atom stereocenters. The number of nitrogens with zero attached hydrogens (tertiary/aromatic N) is 4. The van der Waals surface area contributed by atoms with Gasteiger partial charge in [0.15, 0.2) is 0 Å². The van der Waals surface area contributed by atoms with E-state index in [4.69, 9.17) is 9.72 Å². The average Bonchev–Trinajstić information content (AvgIpc) is 3.47. The Kier molecular flexibility index (Phi) is 10.2. The van der Waals surface area contributed by atoms with Crippen molar-refractivity contribution in [2.24, 2.45) is 0 Å². The summed E-state index contributed by atoms with van der Waals surface area (Å²) in [7, 11) is 0. The van der Waals surface area contributed by atoms with Crippen molar-refractivity contribution in [3.63, 3.8) is 0 Å². The summed E-state index contributed by atoms with van der Waals surface area (Å²) in [5.41, 5.74) is 6.45. The lowest BCUT2D eigenvalue weighted by molar-refractivity contribution is 0.248. The summed E-state index contributed by atoms with van der Waals surface area (Å²) in [4.78, 5) is 12.9. The minimum Gasteiger partial charge on any atom is -0.493 e. The zero-order chi connectivity index (χ0) is 30.1. The standard InChI is InChI=1S/C35H33N5OS3/c1-42-34-30(24-36)32(27-11-5-10-26(22-27)25-8-3-2-4-9-25)33(44-34)31-14-15-37-35(39-31)38-28-12-6-13-29(23-28)41-19-7-16-40-17-20-43-21-18-40/h2-6,8-15,22-23H,7,16-21H2,1H3,(H,37,38,39). The summed E-state index contributed by atoms with van der Waals surface area (Å²) in [5.74, 6) is 3.77. The van der Waals surface area contributed by atoms with Crippen LogP contribution in [0, 0.1) is 11.3 Å². The summed E-state index contributed by atoms with van der Waals surface area (Å²) >= 11 is 5.22. The van der Waals surface area contributed by atoms with Gasteiger partial charge in [-0.15, -0.1) is 23.1 Å². The Morgan fingerprint density at radius 3 is 2.57 bits per heavy atom. The fraction of sp³-hybridized carbons (Fsp3) is 0.229. The molecule has 5 aromatic rings. The first-order chi connectivity index (χ1) is 21.7. The first-order valence-electron chi connectivity index (χ1n) is 14.6. The minimum absolute atomic E-state index is 0.490. The monoisotopic (exact) mass is 635 g/mol. The predicted molar refractivity (Wildman–Crippen MR) is 186 cm³/mol. The topological polar surface area (TPSA) is 74.1 Å². The first-order valence-corrected chi connectivity index (χ1v) is 17.8. The van der Waals surface area contributed by atoms with Crippen LogP contribution in [0.3, 0.4) is 0 Å². The Labute approximate surface area is 271 Å². The number of thioether (sulfide) groups is 2. The van der Waals surface area contributed by atoms with E-state index in [0.717, 1.165) is 61.4 Å². The normalized spacial score (nSPS) is 13.4. The van der Waals surface area contributed by atoms with Crippen molar-refractivity contribution >= 4 is 46.5 Å². The maximum atomic E-state index is 10.2. The van der Waals surface area contributed by atoms with Crippen LogP contribution in [0.25, 0.3) is 32.8 Å². The second kappa shape index (κ2) is 14.8. The highest BCUT2D eigenvalue weighted by Crippen LogP contribution is 2.46. The van der Waals surface area contributed by atoms with Gasteiger partial charge in [-0.25, -0.2) is 9.97 Å². The van der Waals surface area contributed by atoms with Crippen molar-refractivity contribution in [2.45, 2.75) is 10.6 Å². The fourth-order valence-corrected chi connectivity index (χ4v) is 8.13. The molecule has 1 fully saturated rings.